The van der Waals surface area contributed by atoms with Crippen molar-refractivity contribution in [3.8, 4) is 0 Å². The summed E-state index contributed by atoms with van der Waals surface area (Å²) in [5, 5.41) is 5.36. The minimum absolute atomic E-state index is 0.102. The normalized spacial score (nSPS) is 17.1. The van der Waals surface area contributed by atoms with Crippen LogP contribution in [0, 0.1) is 13.8 Å². The summed E-state index contributed by atoms with van der Waals surface area (Å²) in [7, 11) is 0. The van der Waals surface area contributed by atoms with Crippen LogP contribution in [0.5, 0.6) is 0 Å². The second-order valence-electron chi connectivity index (χ2n) is 8.34. The molecule has 3 aromatic rings. The van der Waals surface area contributed by atoms with Crippen LogP contribution in [0.2, 0.25) is 5.02 Å². The van der Waals surface area contributed by atoms with Crippen molar-refractivity contribution >= 4 is 23.2 Å². The molecule has 5 rings (SSSR count). The molecule has 2 aromatic heterocycles. The summed E-state index contributed by atoms with van der Waals surface area (Å²) >= 11 is 6.34. The van der Waals surface area contributed by atoms with Crippen molar-refractivity contribution in [2.45, 2.75) is 65.0 Å². The summed E-state index contributed by atoms with van der Waals surface area (Å²) in [5.41, 5.74) is 6.53. The molecule has 29 heavy (non-hydrogen) atoms. The van der Waals surface area contributed by atoms with Gasteiger partial charge in [-0.15, -0.1) is 0 Å². The highest BCUT2D eigenvalue weighted by Crippen LogP contribution is 2.36. The fourth-order valence-electron chi connectivity index (χ4n) is 4.89. The Morgan fingerprint density at radius 3 is 2.66 bits per heavy atom. The second kappa shape index (κ2) is 7.13. The zero-order valence-electron chi connectivity index (χ0n) is 16.9. The number of nitrogens with zero attached hydrogens (tertiary/aromatic N) is 4. The molecule has 5 nitrogen and oxygen atoms in total. The lowest BCUT2D eigenvalue weighted by atomic mass is 9.82. The van der Waals surface area contributed by atoms with E-state index in [-0.39, 0.29) is 5.91 Å². The van der Waals surface area contributed by atoms with Gasteiger partial charge >= 0.3 is 0 Å². The maximum atomic E-state index is 13.5. The first-order chi connectivity index (χ1) is 14.0. The minimum atomic E-state index is 0.102. The highest BCUT2D eigenvalue weighted by molar-refractivity contribution is 6.31. The summed E-state index contributed by atoms with van der Waals surface area (Å²) in [5.74, 6) is 0.603. The molecule has 0 saturated heterocycles. The summed E-state index contributed by atoms with van der Waals surface area (Å²) in [4.78, 5) is 20.0. The Balaban J connectivity index is 1.46. The molecule has 6 heteroatoms. The first kappa shape index (κ1) is 18.6. The molecule has 1 aliphatic heterocycles. The Hall–Kier alpha value is -2.40. The molecule has 1 aliphatic carbocycles. The smallest absolute Gasteiger partial charge is 0.254 e. The van der Waals surface area contributed by atoms with Crippen LogP contribution < -0.4 is 0 Å². The quantitative estimate of drug-likeness (QED) is 0.585. The molecule has 1 aromatic carbocycles. The lowest BCUT2D eigenvalue weighted by Crippen LogP contribution is -2.27. The number of aromatic nitrogens is 3. The summed E-state index contributed by atoms with van der Waals surface area (Å²) in [6.45, 7) is 4.93. The van der Waals surface area contributed by atoms with Gasteiger partial charge in [-0.3, -0.25) is 4.79 Å². The number of aryl methyl sites for hydroxylation is 2. The van der Waals surface area contributed by atoms with E-state index in [2.05, 4.69) is 17.1 Å². The highest BCUT2D eigenvalue weighted by Gasteiger charge is 2.32. The standard InChI is InChI=1S/C23H25ClN4O/c1-14-21(24)15(2)28-22(25-14)19-12-27(13-20(19)26-28)23(29)18-11-7-6-10-17(18)16-8-4-3-5-9-16/h6-7,10-11,16H,3-5,8-9,12-13H2,1-2H3. The predicted octanol–water partition coefficient (Wildman–Crippen LogP) is 5.20. The van der Waals surface area contributed by atoms with Crippen molar-refractivity contribution in [1.29, 1.82) is 0 Å². The van der Waals surface area contributed by atoms with Gasteiger partial charge in [-0.25, -0.2) is 9.50 Å². The topological polar surface area (TPSA) is 50.5 Å². The average molecular weight is 409 g/mol. The molecule has 2 aliphatic rings. The molecule has 1 amide bonds. The Bertz CT molecular complexity index is 1110. The minimum Gasteiger partial charge on any atom is -0.328 e. The van der Waals surface area contributed by atoms with Crippen molar-refractivity contribution in [3.05, 3.63) is 63.1 Å². The van der Waals surface area contributed by atoms with Gasteiger partial charge in [0.05, 0.1) is 35.2 Å². The Morgan fingerprint density at radius 2 is 1.86 bits per heavy atom. The maximum absolute atomic E-state index is 13.5. The van der Waals surface area contributed by atoms with Crippen LogP contribution in [0.4, 0.5) is 0 Å². The lowest BCUT2D eigenvalue weighted by Gasteiger charge is -2.25. The van der Waals surface area contributed by atoms with Crippen molar-refractivity contribution in [2.24, 2.45) is 0 Å². The van der Waals surface area contributed by atoms with Crippen LogP contribution in [0.15, 0.2) is 24.3 Å². The Labute approximate surface area is 175 Å². The SMILES string of the molecule is Cc1nc2c3c(nn2c(C)c1Cl)CN(C(=O)c1ccccc1C1CCCCC1)C3. The van der Waals surface area contributed by atoms with Crippen LogP contribution >= 0.6 is 11.6 Å². The fraction of sp³-hybridized carbons (Fsp3) is 0.435. The van der Waals surface area contributed by atoms with Gasteiger partial charge < -0.3 is 4.90 Å². The molecule has 0 atom stereocenters. The van der Waals surface area contributed by atoms with E-state index in [4.69, 9.17) is 16.7 Å². The highest BCUT2D eigenvalue weighted by atomic mass is 35.5. The van der Waals surface area contributed by atoms with Crippen LogP contribution in [-0.2, 0) is 13.1 Å². The van der Waals surface area contributed by atoms with Crippen LogP contribution in [0.3, 0.4) is 0 Å². The lowest BCUT2D eigenvalue weighted by molar-refractivity contribution is 0.0747. The van der Waals surface area contributed by atoms with Crippen molar-refractivity contribution in [2.75, 3.05) is 0 Å². The summed E-state index contributed by atoms with van der Waals surface area (Å²) in [6, 6.07) is 8.17. The third-order valence-electron chi connectivity index (χ3n) is 6.48. The zero-order valence-corrected chi connectivity index (χ0v) is 17.7. The summed E-state index contributed by atoms with van der Waals surface area (Å²) < 4.78 is 1.82. The predicted molar refractivity (Wildman–Crippen MR) is 113 cm³/mol. The molecular weight excluding hydrogens is 384 g/mol. The van der Waals surface area contributed by atoms with Crippen molar-refractivity contribution in [1.82, 2.24) is 19.5 Å². The molecular formula is C23H25ClN4O. The number of benzene rings is 1. The van der Waals surface area contributed by atoms with Gasteiger partial charge in [-0.1, -0.05) is 49.1 Å². The second-order valence-corrected chi connectivity index (χ2v) is 8.72. The van der Waals surface area contributed by atoms with E-state index in [0.29, 0.717) is 24.0 Å². The number of hydrogen-bond acceptors (Lipinski definition) is 3. The first-order valence-electron chi connectivity index (χ1n) is 10.5. The van der Waals surface area contributed by atoms with E-state index in [0.717, 1.165) is 33.9 Å². The van der Waals surface area contributed by atoms with E-state index >= 15 is 0 Å². The van der Waals surface area contributed by atoms with Gasteiger partial charge in [0.2, 0.25) is 0 Å². The van der Waals surface area contributed by atoms with E-state index in [1.807, 2.05) is 35.4 Å². The zero-order chi connectivity index (χ0) is 20.1. The van der Waals surface area contributed by atoms with E-state index in [9.17, 15) is 4.79 Å². The monoisotopic (exact) mass is 408 g/mol. The van der Waals surface area contributed by atoms with E-state index in [1.165, 1.54) is 37.7 Å². The number of amides is 1. The Kier molecular flexibility index (Phi) is 4.58. The average Bonchev–Trinajstić information content (AvgIpc) is 3.31. The van der Waals surface area contributed by atoms with Crippen molar-refractivity contribution in [3.63, 3.8) is 0 Å². The number of fused-ring (bicyclic) bond motifs is 3. The molecule has 0 unspecified atom stereocenters. The third-order valence-corrected chi connectivity index (χ3v) is 7.03. The van der Waals surface area contributed by atoms with Gasteiger partial charge in [0, 0.05) is 11.1 Å². The van der Waals surface area contributed by atoms with Gasteiger partial charge in [-0.05, 0) is 44.2 Å². The van der Waals surface area contributed by atoms with Gasteiger partial charge in [0.1, 0.15) is 0 Å². The summed E-state index contributed by atoms with van der Waals surface area (Å²) in [6.07, 6.45) is 6.19. The number of rotatable bonds is 2. The molecule has 1 fully saturated rings. The van der Waals surface area contributed by atoms with E-state index < -0.39 is 0 Å². The first-order valence-corrected chi connectivity index (χ1v) is 10.8. The molecule has 0 bridgehead atoms. The largest absolute Gasteiger partial charge is 0.328 e. The molecule has 3 heterocycles. The van der Waals surface area contributed by atoms with Gasteiger partial charge in [-0.2, -0.15) is 5.10 Å². The molecule has 150 valence electrons. The number of carbonyl (C=O) groups excluding carboxylic acids is 1. The number of hydrogen-bond donors (Lipinski definition) is 0. The molecule has 0 spiro atoms. The van der Waals surface area contributed by atoms with E-state index in [1.54, 1.807) is 0 Å². The fourth-order valence-corrected chi connectivity index (χ4v) is 5.01. The number of halogens is 1. The van der Waals surface area contributed by atoms with Crippen molar-refractivity contribution < 1.29 is 4.79 Å². The van der Waals surface area contributed by atoms with Crippen LogP contribution in [0.25, 0.3) is 5.65 Å². The van der Waals surface area contributed by atoms with Crippen LogP contribution in [-0.4, -0.2) is 25.4 Å². The molecule has 0 N–H and O–H groups in total. The third kappa shape index (κ3) is 3.03. The van der Waals surface area contributed by atoms with Crippen LogP contribution in [0.1, 0.15) is 76.6 Å². The Morgan fingerprint density at radius 1 is 1.10 bits per heavy atom. The van der Waals surface area contributed by atoms with Gasteiger partial charge in [0.15, 0.2) is 5.65 Å². The number of carbonyl (C=O) groups is 1. The maximum Gasteiger partial charge on any atom is 0.254 e. The molecule has 1 saturated carbocycles. The molecule has 0 radical (unpaired) electrons. The van der Waals surface area contributed by atoms with Gasteiger partial charge in [0.25, 0.3) is 5.91 Å².